The molecular weight excluding hydrogens is 132 g/mol. The summed E-state index contributed by atoms with van der Waals surface area (Å²) in [5.74, 6) is 4.82. The Hall–Kier alpha value is -0.940. The average Bonchev–Trinajstić information content (AvgIpc) is 1.99. The van der Waals surface area contributed by atoms with E-state index < -0.39 is 0 Å². The van der Waals surface area contributed by atoms with E-state index in [9.17, 15) is 0 Å². The summed E-state index contributed by atoms with van der Waals surface area (Å²) in [4.78, 5) is 8.19. The van der Waals surface area contributed by atoms with Crippen molar-refractivity contribution in [3.8, 4) is 0 Å². The maximum Gasteiger partial charge on any atom is 0.167 e. The zero-order valence-electron chi connectivity index (χ0n) is 6.19. The molecule has 0 amide bonds. The summed E-state index contributed by atoms with van der Waals surface area (Å²) < 4.78 is 0. The largest absolute Gasteiger partial charge is 0.278 e. The molecule has 10 heavy (non-hydrogen) atoms. The van der Waals surface area contributed by atoms with Gasteiger partial charge in [0.15, 0.2) is 6.23 Å². The van der Waals surface area contributed by atoms with E-state index in [0.29, 0.717) is 0 Å². The highest BCUT2D eigenvalue weighted by Gasteiger charge is 1.91. The lowest BCUT2D eigenvalue weighted by molar-refractivity contribution is 0.0729. The van der Waals surface area contributed by atoms with Crippen LogP contribution in [0.25, 0.3) is 0 Å². The summed E-state index contributed by atoms with van der Waals surface area (Å²) in [6.45, 7) is 4.99. The Labute approximate surface area is 60.1 Å². The number of rotatable bonds is 4. The van der Waals surface area contributed by atoms with E-state index in [-0.39, 0.29) is 6.23 Å². The predicted octanol–water partition coefficient (Wildman–Crippen LogP) is -0.202. The van der Waals surface area contributed by atoms with E-state index in [0.717, 1.165) is 0 Å². The molecule has 2 N–H and O–H groups in total. The van der Waals surface area contributed by atoms with Gasteiger partial charge in [0.1, 0.15) is 6.34 Å². The second-order valence-electron chi connectivity index (χ2n) is 1.72. The first kappa shape index (κ1) is 9.06. The molecular formula is C5H12N4O. The molecule has 0 radical (unpaired) electrons. The fourth-order valence-electron chi connectivity index (χ4n) is 0.262. The van der Waals surface area contributed by atoms with E-state index in [1.54, 1.807) is 14.0 Å². The number of hydrazone groups is 1. The van der Waals surface area contributed by atoms with Gasteiger partial charge in [0, 0.05) is 13.8 Å². The maximum atomic E-state index is 4.82. The normalized spacial score (nSPS) is 13.5. The third-order valence-electron chi connectivity index (χ3n) is 0.864. The SMILES string of the molecule is C=NN(C)/C=N\C(C)ON. The van der Waals surface area contributed by atoms with E-state index in [1.807, 2.05) is 0 Å². The molecule has 0 saturated carbocycles. The van der Waals surface area contributed by atoms with Crippen LogP contribution in [-0.2, 0) is 4.84 Å². The van der Waals surface area contributed by atoms with E-state index in [4.69, 9.17) is 5.90 Å². The number of hydrogen-bond acceptors (Lipinski definition) is 4. The van der Waals surface area contributed by atoms with Crippen LogP contribution < -0.4 is 5.90 Å². The molecule has 0 aromatic carbocycles. The van der Waals surface area contributed by atoms with Gasteiger partial charge < -0.3 is 0 Å². The summed E-state index contributed by atoms with van der Waals surface area (Å²) in [5.41, 5.74) is 0. The molecule has 0 saturated heterocycles. The standard InChI is InChI=1S/C5H12N4O/c1-5(10-6)8-4-9(3)7-2/h4-5H,2,6H2,1,3H3/b8-4-. The smallest absolute Gasteiger partial charge is 0.167 e. The fraction of sp³-hybridized carbons (Fsp3) is 0.600. The van der Waals surface area contributed by atoms with Gasteiger partial charge in [0.25, 0.3) is 0 Å². The Morgan fingerprint density at radius 2 is 2.40 bits per heavy atom. The molecule has 0 aromatic heterocycles. The zero-order chi connectivity index (χ0) is 7.98. The van der Waals surface area contributed by atoms with Crippen LogP contribution in [0.4, 0.5) is 0 Å². The Morgan fingerprint density at radius 3 is 2.80 bits per heavy atom. The molecule has 58 valence electrons. The van der Waals surface area contributed by atoms with Crippen molar-refractivity contribution in [3.63, 3.8) is 0 Å². The molecule has 0 spiro atoms. The number of nitrogens with two attached hydrogens (primary N) is 1. The van der Waals surface area contributed by atoms with Gasteiger partial charge >= 0.3 is 0 Å². The van der Waals surface area contributed by atoms with Crippen molar-refractivity contribution >= 4 is 13.1 Å². The molecule has 0 aromatic rings. The summed E-state index contributed by atoms with van der Waals surface area (Å²) >= 11 is 0. The van der Waals surface area contributed by atoms with Gasteiger partial charge in [-0.1, -0.05) is 0 Å². The van der Waals surface area contributed by atoms with E-state index >= 15 is 0 Å². The van der Waals surface area contributed by atoms with Crippen LogP contribution in [0.1, 0.15) is 6.92 Å². The summed E-state index contributed by atoms with van der Waals surface area (Å²) in [6, 6.07) is 0. The highest BCUT2D eigenvalue weighted by molar-refractivity contribution is 5.54. The number of nitrogens with zero attached hydrogens (tertiary/aromatic N) is 3. The quantitative estimate of drug-likeness (QED) is 0.337. The lowest BCUT2D eigenvalue weighted by Crippen LogP contribution is -2.14. The van der Waals surface area contributed by atoms with Gasteiger partial charge in [-0.15, -0.1) is 0 Å². The van der Waals surface area contributed by atoms with Crippen LogP contribution in [0.5, 0.6) is 0 Å². The van der Waals surface area contributed by atoms with Gasteiger partial charge in [-0.05, 0) is 6.92 Å². The lowest BCUT2D eigenvalue weighted by Gasteiger charge is -2.05. The molecule has 1 unspecified atom stereocenters. The Kier molecular flexibility index (Phi) is 4.43. The monoisotopic (exact) mass is 144 g/mol. The van der Waals surface area contributed by atoms with Crippen molar-refractivity contribution in [1.82, 2.24) is 5.01 Å². The van der Waals surface area contributed by atoms with Gasteiger partial charge in [-0.2, -0.15) is 5.10 Å². The highest BCUT2D eigenvalue weighted by atomic mass is 16.6. The molecule has 0 heterocycles. The molecule has 0 fully saturated rings. The first-order valence-corrected chi connectivity index (χ1v) is 2.79. The van der Waals surface area contributed by atoms with E-state index in [1.165, 1.54) is 11.3 Å². The van der Waals surface area contributed by atoms with Crippen LogP contribution in [-0.4, -0.2) is 31.3 Å². The van der Waals surface area contributed by atoms with Gasteiger partial charge in [0.2, 0.25) is 0 Å². The van der Waals surface area contributed by atoms with Crippen LogP contribution >= 0.6 is 0 Å². The summed E-state index contributed by atoms with van der Waals surface area (Å²) in [7, 11) is 1.71. The third kappa shape index (κ3) is 3.99. The van der Waals surface area contributed by atoms with Crippen LogP contribution in [0.3, 0.4) is 0 Å². The van der Waals surface area contributed by atoms with E-state index in [2.05, 4.69) is 21.6 Å². The number of aliphatic imine (C=N–C) groups is 1. The fourth-order valence-corrected chi connectivity index (χ4v) is 0.262. The topological polar surface area (TPSA) is 63.2 Å². The van der Waals surface area contributed by atoms with Crippen molar-refractivity contribution in [1.29, 1.82) is 0 Å². The molecule has 1 atom stereocenters. The maximum absolute atomic E-state index is 4.82. The van der Waals surface area contributed by atoms with Gasteiger partial charge in [0.05, 0.1) is 0 Å². The van der Waals surface area contributed by atoms with Crippen molar-refractivity contribution in [3.05, 3.63) is 0 Å². The van der Waals surface area contributed by atoms with Gasteiger partial charge in [-0.3, -0.25) is 9.85 Å². The van der Waals surface area contributed by atoms with Crippen LogP contribution in [0.2, 0.25) is 0 Å². The molecule has 0 aliphatic carbocycles. The molecule has 5 nitrogen and oxygen atoms in total. The minimum Gasteiger partial charge on any atom is -0.278 e. The summed E-state index contributed by atoms with van der Waals surface area (Å²) in [6.07, 6.45) is 1.13. The molecule has 0 bridgehead atoms. The molecule has 5 heteroatoms. The van der Waals surface area contributed by atoms with Crippen LogP contribution in [0, 0.1) is 0 Å². The van der Waals surface area contributed by atoms with Crippen molar-refractivity contribution in [2.24, 2.45) is 16.0 Å². The number of hydrogen-bond donors (Lipinski definition) is 1. The first-order chi connectivity index (χ1) is 4.70. The third-order valence-corrected chi connectivity index (χ3v) is 0.864. The zero-order valence-corrected chi connectivity index (χ0v) is 6.19. The average molecular weight is 144 g/mol. The highest BCUT2D eigenvalue weighted by Crippen LogP contribution is 1.85. The lowest BCUT2D eigenvalue weighted by atomic mass is 10.7. The Morgan fingerprint density at radius 1 is 1.80 bits per heavy atom. The van der Waals surface area contributed by atoms with Crippen molar-refractivity contribution in [2.75, 3.05) is 7.05 Å². The second-order valence-corrected chi connectivity index (χ2v) is 1.72. The van der Waals surface area contributed by atoms with Gasteiger partial charge in [-0.25, -0.2) is 10.9 Å². The molecule has 0 aliphatic heterocycles. The molecule has 0 aliphatic rings. The van der Waals surface area contributed by atoms with Crippen molar-refractivity contribution < 1.29 is 4.84 Å². The predicted molar refractivity (Wildman–Crippen MR) is 40.5 cm³/mol. The second kappa shape index (κ2) is 4.89. The summed E-state index contributed by atoms with van der Waals surface area (Å²) in [5, 5.41) is 4.99. The minimum atomic E-state index is -0.343. The Bertz CT molecular complexity index is 125. The minimum absolute atomic E-state index is 0.343. The first-order valence-electron chi connectivity index (χ1n) is 2.79. The Balaban J connectivity index is 3.62. The van der Waals surface area contributed by atoms with Crippen molar-refractivity contribution in [2.45, 2.75) is 13.2 Å². The van der Waals surface area contributed by atoms with Crippen LogP contribution in [0.15, 0.2) is 10.1 Å². The molecule has 0 rings (SSSR count).